The van der Waals surface area contributed by atoms with Gasteiger partial charge in [0.15, 0.2) is 16.8 Å². The van der Waals surface area contributed by atoms with Crippen molar-refractivity contribution in [3.05, 3.63) is 80.3 Å². The number of nitrogen functional groups attached to an aromatic ring is 1. The second-order valence-electron chi connectivity index (χ2n) is 8.24. The van der Waals surface area contributed by atoms with Crippen LogP contribution in [0.25, 0.3) is 17.1 Å². The van der Waals surface area contributed by atoms with Crippen LogP contribution in [0.2, 0.25) is 0 Å². The van der Waals surface area contributed by atoms with E-state index >= 15 is 0 Å². The number of aromatic nitrogens is 6. The summed E-state index contributed by atoms with van der Waals surface area (Å²) in [4.78, 5) is 42.3. The third-order valence-corrected chi connectivity index (χ3v) is 6.97. The number of hydrogen-bond acceptors (Lipinski definition) is 8. The van der Waals surface area contributed by atoms with Crippen LogP contribution in [0.15, 0.2) is 57.5 Å². The molecule has 0 radical (unpaired) electrons. The maximum atomic E-state index is 13.3. The van der Waals surface area contributed by atoms with Crippen LogP contribution in [0.4, 0.5) is 5.82 Å². The van der Waals surface area contributed by atoms with Crippen molar-refractivity contribution >= 4 is 23.4 Å². The van der Waals surface area contributed by atoms with Gasteiger partial charge in [-0.3, -0.25) is 28.3 Å². The van der Waals surface area contributed by atoms with E-state index in [1.165, 1.54) is 14.1 Å². The molecule has 2 N–H and O–H groups in total. The van der Waals surface area contributed by atoms with Crippen LogP contribution in [0.3, 0.4) is 0 Å². The zero-order chi connectivity index (χ0) is 25.4. The average Bonchev–Trinajstić information content (AvgIpc) is 3.27. The minimum absolute atomic E-state index is 0.163. The van der Waals surface area contributed by atoms with Crippen molar-refractivity contribution in [3.63, 3.8) is 0 Å². The third kappa shape index (κ3) is 4.30. The van der Waals surface area contributed by atoms with E-state index in [1.807, 2.05) is 48.7 Å². The van der Waals surface area contributed by atoms with Gasteiger partial charge in [-0.1, -0.05) is 17.8 Å². The zero-order valence-corrected chi connectivity index (χ0v) is 20.8. The lowest BCUT2D eigenvalue weighted by Crippen LogP contribution is -2.42. The SMILES string of the molecule is Cc1ccc(-n2c(SC(C)C(=O)c3c(N)n(C)c(=O)n(C)c3=O)nnc2-c2ccncc2)cc1C. The van der Waals surface area contributed by atoms with Crippen LogP contribution in [0.5, 0.6) is 0 Å². The van der Waals surface area contributed by atoms with Gasteiger partial charge in [0.05, 0.1) is 10.9 Å². The van der Waals surface area contributed by atoms with E-state index in [9.17, 15) is 14.4 Å². The number of carbonyl (C=O) groups is 1. The lowest BCUT2D eigenvalue weighted by molar-refractivity contribution is 0.0992. The molecular weight excluding hydrogens is 466 g/mol. The van der Waals surface area contributed by atoms with Crippen molar-refractivity contribution < 1.29 is 4.79 Å². The summed E-state index contributed by atoms with van der Waals surface area (Å²) in [5, 5.41) is 8.50. The quantitative estimate of drug-likeness (QED) is 0.321. The van der Waals surface area contributed by atoms with E-state index in [4.69, 9.17) is 5.73 Å². The number of ketones is 1. The van der Waals surface area contributed by atoms with E-state index in [2.05, 4.69) is 15.2 Å². The Morgan fingerprint density at radius 2 is 1.69 bits per heavy atom. The predicted molar refractivity (Wildman–Crippen MR) is 135 cm³/mol. The summed E-state index contributed by atoms with van der Waals surface area (Å²) >= 11 is 1.16. The number of nitrogens with zero attached hydrogens (tertiary/aromatic N) is 6. The Kier molecular flexibility index (Phi) is 6.44. The van der Waals surface area contributed by atoms with Crippen LogP contribution in [-0.4, -0.2) is 39.9 Å². The number of aryl methyl sites for hydroxylation is 2. The lowest BCUT2D eigenvalue weighted by Gasteiger charge is -2.16. The van der Waals surface area contributed by atoms with Gasteiger partial charge in [-0.2, -0.15) is 0 Å². The molecule has 0 aliphatic carbocycles. The van der Waals surface area contributed by atoms with Crippen molar-refractivity contribution in [1.29, 1.82) is 0 Å². The summed E-state index contributed by atoms with van der Waals surface area (Å²) in [6, 6.07) is 9.67. The maximum Gasteiger partial charge on any atom is 0.332 e. The van der Waals surface area contributed by atoms with E-state index in [0.29, 0.717) is 11.0 Å². The summed E-state index contributed by atoms with van der Waals surface area (Å²) in [5.41, 5.74) is 8.34. The number of benzene rings is 1. The number of rotatable bonds is 6. The number of thioether (sulfide) groups is 1. The molecule has 3 aromatic heterocycles. The van der Waals surface area contributed by atoms with Crippen molar-refractivity contribution in [1.82, 2.24) is 28.9 Å². The van der Waals surface area contributed by atoms with Crippen LogP contribution >= 0.6 is 11.8 Å². The molecule has 0 aliphatic heterocycles. The van der Waals surface area contributed by atoms with E-state index < -0.39 is 22.3 Å². The number of pyridine rings is 1. The first-order valence-electron chi connectivity index (χ1n) is 10.8. The molecule has 10 nitrogen and oxygen atoms in total. The third-order valence-electron chi connectivity index (χ3n) is 5.93. The van der Waals surface area contributed by atoms with Crippen LogP contribution in [0.1, 0.15) is 28.4 Å². The molecular formula is C24H25N7O3S. The largest absolute Gasteiger partial charge is 0.384 e. The highest BCUT2D eigenvalue weighted by Crippen LogP contribution is 2.31. The Labute approximate surface area is 205 Å². The van der Waals surface area contributed by atoms with Gasteiger partial charge in [-0.25, -0.2) is 4.79 Å². The Morgan fingerprint density at radius 1 is 1.00 bits per heavy atom. The molecule has 0 fully saturated rings. The molecule has 180 valence electrons. The molecule has 3 heterocycles. The van der Waals surface area contributed by atoms with Gasteiger partial charge in [0.25, 0.3) is 5.56 Å². The molecule has 4 rings (SSSR count). The topological polar surface area (TPSA) is 131 Å². The molecule has 0 spiro atoms. The van der Waals surface area contributed by atoms with Crippen LogP contribution in [-0.2, 0) is 14.1 Å². The van der Waals surface area contributed by atoms with Gasteiger partial charge in [0.1, 0.15) is 11.4 Å². The van der Waals surface area contributed by atoms with E-state index in [-0.39, 0.29) is 11.4 Å². The van der Waals surface area contributed by atoms with Gasteiger partial charge in [-0.15, -0.1) is 10.2 Å². The molecule has 4 aromatic rings. The van der Waals surface area contributed by atoms with Gasteiger partial charge in [0.2, 0.25) is 0 Å². The first kappa shape index (κ1) is 24.1. The molecule has 0 bridgehead atoms. The van der Waals surface area contributed by atoms with E-state index in [0.717, 1.165) is 43.3 Å². The van der Waals surface area contributed by atoms with Crippen molar-refractivity contribution in [2.45, 2.75) is 31.2 Å². The fourth-order valence-electron chi connectivity index (χ4n) is 3.64. The molecule has 0 amide bonds. The molecule has 0 aliphatic rings. The molecule has 35 heavy (non-hydrogen) atoms. The molecule has 1 unspecified atom stereocenters. The summed E-state index contributed by atoms with van der Waals surface area (Å²) < 4.78 is 3.84. The Hall–Kier alpha value is -3.99. The Morgan fingerprint density at radius 3 is 2.34 bits per heavy atom. The monoisotopic (exact) mass is 491 g/mol. The van der Waals surface area contributed by atoms with Crippen molar-refractivity contribution in [3.8, 4) is 17.1 Å². The van der Waals surface area contributed by atoms with Crippen molar-refractivity contribution in [2.75, 3.05) is 5.73 Å². The zero-order valence-electron chi connectivity index (χ0n) is 20.0. The summed E-state index contributed by atoms with van der Waals surface area (Å²) in [6.45, 7) is 5.72. The Balaban J connectivity index is 1.80. The number of anilines is 1. The van der Waals surface area contributed by atoms with Crippen molar-refractivity contribution in [2.24, 2.45) is 14.1 Å². The summed E-state index contributed by atoms with van der Waals surface area (Å²) in [6.07, 6.45) is 3.35. The summed E-state index contributed by atoms with van der Waals surface area (Å²) in [7, 11) is 2.74. The number of nitrogens with two attached hydrogens (primary N) is 1. The first-order chi connectivity index (χ1) is 16.6. The van der Waals surface area contributed by atoms with Gasteiger partial charge < -0.3 is 5.73 Å². The number of carbonyl (C=O) groups excluding carboxylic acids is 1. The molecule has 0 saturated heterocycles. The molecule has 0 saturated carbocycles. The molecule has 1 atom stereocenters. The van der Waals surface area contributed by atoms with Gasteiger partial charge in [0, 0.05) is 32.1 Å². The smallest absolute Gasteiger partial charge is 0.332 e. The number of Topliss-reactive ketones (excluding diaryl/α,β-unsaturated/α-hetero) is 1. The second kappa shape index (κ2) is 9.34. The highest BCUT2D eigenvalue weighted by molar-refractivity contribution is 8.00. The average molecular weight is 492 g/mol. The first-order valence-corrected chi connectivity index (χ1v) is 11.7. The van der Waals surface area contributed by atoms with E-state index in [1.54, 1.807) is 19.3 Å². The standard InChI is InChI=1S/C24H25N7O3S/c1-13-6-7-17(12-14(13)2)31-21(16-8-10-26-11-9-16)27-28-23(31)35-15(3)19(32)18-20(25)29(4)24(34)30(5)22(18)33/h6-12,15H,25H2,1-5H3. The van der Waals surface area contributed by atoms with Gasteiger partial charge >= 0.3 is 5.69 Å². The minimum Gasteiger partial charge on any atom is -0.384 e. The summed E-state index contributed by atoms with van der Waals surface area (Å²) in [5.74, 6) is -0.0669. The Bertz CT molecular complexity index is 1550. The fraction of sp³-hybridized carbons (Fsp3) is 0.250. The predicted octanol–water partition coefficient (Wildman–Crippen LogP) is 2.29. The highest BCUT2D eigenvalue weighted by atomic mass is 32.2. The highest BCUT2D eigenvalue weighted by Gasteiger charge is 2.28. The molecule has 1 aromatic carbocycles. The van der Waals surface area contributed by atoms with Crippen LogP contribution in [0, 0.1) is 13.8 Å². The minimum atomic E-state index is -0.734. The normalized spacial score (nSPS) is 12.0. The number of hydrogen-bond donors (Lipinski definition) is 1. The fourth-order valence-corrected chi connectivity index (χ4v) is 4.56. The lowest BCUT2D eigenvalue weighted by atomic mass is 10.1. The van der Waals surface area contributed by atoms with Crippen LogP contribution < -0.4 is 17.0 Å². The second-order valence-corrected chi connectivity index (χ2v) is 9.54. The molecule has 11 heteroatoms. The van der Waals surface area contributed by atoms with Gasteiger partial charge in [-0.05, 0) is 56.2 Å². The maximum absolute atomic E-state index is 13.3.